The highest BCUT2D eigenvalue weighted by Crippen LogP contribution is 2.12. The van der Waals surface area contributed by atoms with Crippen molar-refractivity contribution in [2.75, 3.05) is 0 Å². The Morgan fingerprint density at radius 2 is 2.00 bits per heavy atom. The lowest BCUT2D eigenvalue weighted by Gasteiger charge is -2.04. The predicted octanol–water partition coefficient (Wildman–Crippen LogP) is 2.87. The van der Waals surface area contributed by atoms with Gasteiger partial charge in [-0.25, -0.2) is 0 Å². The van der Waals surface area contributed by atoms with Gasteiger partial charge in [-0.3, -0.25) is 0 Å². The quantitative estimate of drug-likeness (QED) is 0.561. The molecule has 10 heavy (non-hydrogen) atoms. The van der Waals surface area contributed by atoms with Crippen LogP contribution in [0.3, 0.4) is 0 Å². The van der Waals surface area contributed by atoms with Crippen LogP contribution in [0.1, 0.15) is 30.4 Å². The second-order valence-electron chi connectivity index (χ2n) is 2.39. The average Bonchev–Trinajstić information content (AvgIpc) is 2.00. The van der Waals surface area contributed by atoms with Crippen LogP contribution in [-0.2, 0) is 6.37 Å². The van der Waals surface area contributed by atoms with Crippen LogP contribution in [0.25, 0.3) is 0 Å². The van der Waals surface area contributed by atoms with E-state index in [0.717, 1.165) is 0 Å². The fraction of sp³-hybridized carbons (Fsp3) is 0.400. The Morgan fingerprint density at radius 3 is 2.50 bits per heavy atom. The summed E-state index contributed by atoms with van der Waals surface area (Å²) in [6.45, 7) is 0.821. The van der Waals surface area contributed by atoms with Crippen molar-refractivity contribution >= 4 is 0 Å². The van der Waals surface area contributed by atoms with Gasteiger partial charge < -0.3 is 0 Å². The second-order valence-corrected chi connectivity index (χ2v) is 2.39. The lowest BCUT2D eigenvalue weighted by Crippen LogP contribution is -1.89. The van der Waals surface area contributed by atoms with Crippen molar-refractivity contribution in [2.24, 2.45) is 0 Å². The summed E-state index contributed by atoms with van der Waals surface area (Å²) in [6.07, 6.45) is -2.29. The fourth-order valence-corrected chi connectivity index (χ4v) is 1.01. The zero-order valence-electron chi connectivity index (χ0n) is 11.2. The Hall–Kier alpha value is -0.780. The van der Waals surface area contributed by atoms with E-state index in [1.54, 1.807) is 32.0 Å². The van der Waals surface area contributed by atoms with E-state index >= 15 is 0 Å². The molecule has 0 saturated heterocycles. The third kappa shape index (κ3) is 1.21. The van der Waals surface area contributed by atoms with Crippen molar-refractivity contribution in [2.45, 2.75) is 27.1 Å². The molecular formula is C10H14. The molecule has 0 aliphatic carbocycles. The first-order valence-corrected chi connectivity index (χ1v) is 3.24. The van der Waals surface area contributed by atoms with Crippen LogP contribution in [0.4, 0.5) is 0 Å². The minimum atomic E-state index is -2.64. The van der Waals surface area contributed by atoms with E-state index in [4.69, 9.17) is 6.85 Å². The van der Waals surface area contributed by atoms with Gasteiger partial charge in [0.1, 0.15) is 0 Å². The SMILES string of the molecule is [2H]C([2H])([2H])C([2H])([2H])c1c(C)cccc1C. The molecular weight excluding hydrogens is 120 g/mol. The molecule has 0 atom stereocenters. The van der Waals surface area contributed by atoms with E-state index in [1.807, 2.05) is 0 Å². The third-order valence-electron chi connectivity index (χ3n) is 1.61. The Labute approximate surface area is 69.9 Å². The van der Waals surface area contributed by atoms with Crippen molar-refractivity contribution in [3.8, 4) is 0 Å². The number of hydrogen-bond acceptors (Lipinski definition) is 0. The Balaban J connectivity index is 3.39. The molecule has 0 unspecified atom stereocenters. The summed E-state index contributed by atoms with van der Waals surface area (Å²) in [7, 11) is 0. The molecule has 0 heteroatoms. The van der Waals surface area contributed by atoms with E-state index in [1.165, 1.54) is 0 Å². The Kier molecular flexibility index (Phi) is 0.884. The summed E-state index contributed by atoms with van der Waals surface area (Å²) in [5.41, 5.74) is 1.64. The molecule has 0 amide bonds. The summed E-state index contributed by atoms with van der Waals surface area (Å²) >= 11 is 0. The molecule has 0 radical (unpaired) electrons. The minimum Gasteiger partial charge on any atom is -0.0617 e. The van der Waals surface area contributed by atoms with Gasteiger partial charge in [-0.2, -0.15) is 0 Å². The smallest absolute Gasteiger partial charge is 0.0313 e. The summed E-state index contributed by atoms with van der Waals surface area (Å²) in [5, 5.41) is 0. The van der Waals surface area contributed by atoms with Gasteiger partial charge in [-0.1, -0.05) is 25.1 Å². The highest BCUT2D eigenvalue weighted by Gasteiger charge is 1.96. The molecule has 1 aromatic rings. The highest BCUT2D eigenvalue weighted by atomic mass is 14.0. The minimum absolute atomic E-state index is 0.282. The highest BCUT2D eigenvalue weighted by molar-refractivity contribution is 5.33. The van der Waals surface area contributed by atoms with E-state index in [9.17, 15) is 0 Å². The summed E-state index contributed by atoms with van der Waals surface area (Å²) in [5.74, 6) is 0. The molecule has 1 rings (SSSR count). The summed E-state index contributed by atoms with van der Waals surface area (Å²) in [4.78, 5) is 0. The molecule has 0 spiro atoms. The van der Waals surface area contributed by atoms with Crippen molar-refractivity contribution in [3.63, 3.8) is 0 Å². The van der Waals surface area contributed by atoms with Crippen LogP contribution < -0.4 is 0 Å². The van der Waals surface area contributed by atoms with Crippen molar-refractivity contribution in [1.29, 1.82) is 0 Å². The molecule has 0 bridgehead atoms. The second kappa shape index (κ2) is 2.87. The standard InChI is InChI=1S/C10H14/c1-4-10-8(2)6-5-7-9(10)3/h5-7H,4H2,1-3H3/i1D3,4D2. The molecule has 0 fully saturated rings. The largest absolute Gasteiger partial charge is 0.0617 e. The zero-order valence-corrected chi connectivity index (χ0v) is 6.23. The van der Waals surface area contributed by atoms with Crippen molar-refractivity contribution in [1.82, 2.24) is 0 Å². The van der Waals surface area contributed by atoms with Crippen LogP contribution in [0, 0.1) is 13.8 Å². The number of benzene rings is 1. The normalized spacial score (nSPS) is 20.0. The lowest BCUT2D eigenvalue weighted by atomic mass is 10.0. The molecule has 0 aromatic heterocycles. The monoisotopic (exact) mass is 139 g/mol. The van der Waals surface area contributed by atoms with Gasteiger partial charge in [0.05, 0.1) is 0 Å². The predicted molar refractivity (Wildman–Crippen MR) is 45.3 cm³/mol. The van der Waals surface area contributed by atoms with Gasteiger partial charge in [0.25, 0.3) is 0 Å². The van der Waals surface area contributed by atoms with Gasteiger partial charge in [-0.05, 0) is 36.9 Å². The van der Waals surface area contributed by atoms with Crippen LogP contribution in [0.5, 0.6) is 0 Å². The first kappa shape index (κ1) is 3.08. The Bertz CT molecular complexity index is 344. The molecule has 1 aromatic carbocycles. The van der Waals surface area contributed by atoms with E-state index < -0.39 is 13.2 Å². The first-order chi connectivity index (χ1) is 6.68. The molecule has 0 nitrogen and oxygen atoms in total. The third-order valence-corrected chi connectivity index (χ3v) is 1.61. The van der Waals surface area contributed by atoms with E-state index in [2.05, 4.69) is 0 Å². The van der Waals surface area contributed by atoms with Crippen molar-refractivity contribution < 1.29 is 6.85 Å². The van der Waals surface area contributed by atoms with E-state index in [0.29, 0.717) is 11.1 Å². The maximum atomic E-state index is 7.70. The van der Waals surface area contributed by atoms with Gasteiger partial charge in [0.2, 0.25) is 0 Å². The van der Waals surface area contributed by atoms with Gasteiger partial charge >= 0.3 is 0 Å². The van der Waals surface area contributed by atoms with Gasteiger partial charge in [0.15, 0.2) is 0 Å². The number of rotatable bonds is 1. The number of hydrogen-bond donors (Lipinski definition) is 0. The summed E-state index contributed by atoms with van der Waals surface area (Å²) in [6, 6.07) is 5.25. The lowest BCUT2D eigenvalue weighted by molar-refractivity contribution is 1.08. The van der Waals surface area contributed by atoms with Gasteiger partial charge in [0, 0.05) is 6.85 Å². The first-order valence-electron chi connectivity index (χ1n) is 5.74. The molecule has 0 heterocycles. The van der Waals surface area contributed by atoms with Crippen LogP contribution in [0.2, 0.25) is 0 Å². The molecule has 0 saturated carbocycles. The van der Waals surface area contributed by atoms with Crippen LogP contribution in [0.15, 0.2) is 18.2 Å². The molecule has 0 aliphatic heterocycles. The Morgan fingerprint density at radius 1 is 1.40 bits per heavy atom. The van der Waals surface area contributed by atoms with E-state index in [-0.39, 0.29) is 5.56 Å². The van der Waals surface area contributed by atoms with Crippen LogP contribution >= 0.6 is 0 Å². The average molecular weight is 139 g/mol. The number of aryl methyl sites for hydroxylation is 2. The zero-order chi connectivity index (χ0) is 11.9. The molecule has 0 aliphatic rings. The molecule has 54 valence electrons. The maximum Gasteiger partial charge on any atom is 0.0313 e. The van der Waals surface area contributed by atoms with Crippen molar-refractivity contribution in [3.05, 3.63) is 34.9 Å². The maximum absolute atomic E-state index is 7.70. The van der Waals surface area contributed by atoms with Gasteiger partial charge in [-0.15, -0.1) is 0 Å². The topological polar surface area (TPSA) is 0 Å². The fourth-order valence-electron chi connectivity index (χ4n) is 1.01. The summed E-state index contributed by atoms with van der Waals surface area (Å²) < 4.78 is 37.1. The van der Waals surface area contributed by atoms with Crippen LogP contribution in [-0.4, -0.2) is 0 Å². The molecule has 0 N–H and O–H groups in total.